The second kappa shape index (κ2) is 12.9. The van der Waals surface area contributed by atoms with Gasteiger partial charge in [-0.1, -0.05) is 30.3 Å². The summed E-state index contributed by atoms with van der Waals surface area (Å²) >= 11 is 0. The van der Waals surface area contributed by atoms with Crippen LogP contribution in [-0.4, -0.2) is 53.8 Å². The molecule has 0 saturated carbocycles. The van der Waals surface area contributed by atoms with Gasteiger partial charge in [0, 0.05) is 0 Å². The van der Waals surface area contributed by atoms with E-state index < -0.39 is 59.4 Å². The monoisotopic (exact) mass is 694 g/mol. The van der Waals surface area contributed by atoms with Crippen molar-refractivity contribution >= 4 is 11.9 Å². The number of esters is 2. The summed E-state index contributed by atoms with van der Waals surface area (Å²) in [6, 6.07) is 17.9. The van der Waals surface area contributed by atoms with Crippen LogP contribution < -0.4 is 9.47 Å². The average molecular weight is 694 g/mol. The van der Waals surface area contributed by atoms with Crippen molar-refractivity contribution < 1.29 is 80.9 Å². The Morgan fingerprint density at radius 2 is 1.02 bits per heavy atom. The maximum absolute atomic E-state index is 14.3. The summed E-state index contributed by atoms with van der Waals surface area (Å²) in [5.74, 6) is -40.8. The van der Waals surface area contributed by atoms with Crippen LogP contribution in [0.1, 0.15) is 33.2 Å². The molecule has 5 nitrogen and oxygen atoms in total. The molecule has 0 aromatic heterocycles. The number of carbonyl (C=O) groups excluding carboxylic acids is 2. The second-order valence-corrected chi connectivity index (χ2v) is 9.68. The minimum absolute atomic E-state index is 0.0258. The van der Waals surface area contributed by atoms with Gasteiger partial charge in [0.1, 0.15) is 18.1 Å². The standard InChI is InChI=1S/C29H19F13O5/c1-16(24(30,31)25(32,33)26(34,35)27(36,37)28(38,39)29(40,41)42)46-22(43)18-7-9-19(10-8-18)23(44)47-21-13-11-20(12-14-21)45-15-17-5-3-2-4-6-17/h2-14,16H,15H2,1H3. The number of halogens is 13. The van der Waals surface area contributed by atoms with Gasteiger partial charge < -0.3 is 14.2 Å². The summed E-state index contributed by atoms with van der Waals surface area (Å²) < 4.78 is 188. The number of rotatable bonds is 12. The van der Waals surface area contributed by atoms with E-state index in [4.69, 9.17) is 9.47 Å². The number of ether oxygens (including phenoxy) is 3. The van der Waals surface area contributed by atoms with Gasteiger partial charge in [0.15, 0.2) is 6.10 Å². The summed E-state index contributed by atoms with van der Waals surface area (Å²) in [6.45, 7) is 0.0164. The van der Waals surface area contributed by atoms with E-state index in [1.165, 1.54) is 24.3 Å². The normalized spacial score (nSPS) is 13.9. The zero-order chi connectivity index (χ0) is 35.6. The van der Waals surface area contributed by atoms with Crippen LogP contribution in [0.4, 0.5) is 57.1 Å². The summed E-state index contributed by atoms with van der Waals surface area (Å²) in [4.78, 5) is 24.6. The number of hydrogen-bond donors (Lipinski definition) is 0. The topological polar surface area (TPSA) is 61.8 Å². The van der Waals surface area contributed by atoms with Gasteiger partial charge in [-0.2, -0.15) is 57.1 Å². The van der Waals surface area contributed by atoms with Crippen molar-refractivity contribution in [1.29, 1.82) is 0 Å². The van der Waals surface area contributed by atoms with Crippen LogP contribution in [0.2, 0.25) is 0 Å². The fraction of sp³-hybridized carbons (Fsp3) is 0.310. The highest BCUT2D eigenvalue weighted by Crippen LogP contribution is 2.60. The van der Waals surface area contributed by atoms with Crippen LogP contribution in [0.25, 0.3) is 0 Å². The molecule has 1 atom stereocenters. The Hall–Kier alpha value is -4.51. The first-order valence-electron chi connectivity index (χ1n) is 12.7. The average Bonchev–Trinajstić information content (AvgIpc) is 3.00. The molecular weight excluding hydrogens is 675 g/mol. The van der Waals surface area contributed by atoms with Crippen LogP contribution in [0.15, 0.2) is 78.9 Å². The molecule has 1 unspecified atom stereocenters. The van der Waals surface area contributed by atoms with Crippen molar-refractivity contribution in [2.45, 2.75) is 55.4 Å². The van der Waals surface area contributed by atoms with Gasteiger partial charge >= 0.3 is 47.7 Å². The van der Waals surface area contributed by atoms with Gasteiger partial charge in [-0.25, -0.2) is 9.59 Å². The summed E-state index contributed by atoms with van der Waals surface area (Å²) in [5.41, 5.74) is -0.189. The van der Waals surface area contributed by atoms with Crippen LogP contribution in [-0.2, 0) is 11.3 Å². The number of hydrogen-bond acceptors (Lipinski definition) is 5. The van der Waals surface area contributed by atoms with Crippen molar-refractivity contribution in [2.75, 3.05) is 0 Å². The second-order valence-electron chi connectivity index (χ2n) is 9.68. The van der Waals surface area contributed by atoms with E-state index in [1.54, 1.807) is 0 Å². The fourth-order valence-corrected chi connectivity index (χ4v) is 3.59. The first kappa shape index (κ1) is 37.0. The van der Waals surface area contributed by atoms with Gasteiger partial charge in [-0.3, -0.25) is 0 Å². The molecule has 0 aliphatic rings. The highest BCUT2D eigenvalue weighted by atomic mass is 19.4. The number of alkyl halides is 13. The zero-order valence-electron chi connectivity index (χ0n) is 23.2. The molecule has 0 spiro atoms. The third-order valence-corrected chi connectivity index (χ3v) is 6.39. The van der Waals surface area contributed by atoms with E-state index in [1.807, 2.05) is 30.3 Å². The Morgan fingerprint density at radius 1 is 0.574 bits per heavy atom. The Bertz CT molecular complexity index is 1540. The van der Waals surface area contributed by atoms with Gasteiger partial charge in [-0.15, -0.1) is 0 Å². The Morgan fingerprint density at radius 3 is 1.51 bits per heavy atom. The molecule has 0 heterocycles. The van der Waals surface area contributed by atoms with Gasteiger partial charge in [-0.05, 0) is 61.0 Å². The molecule has 0 aliphatic heterocycles. The first-order chi connectivity index (χ1) is 21.5. The maximum Gasteiger partial charge on any atom is 0.460 e. The van der Waals surface area contributed by atoms with Gasteiger partial charge in [0.25, 0.3) is 0 Å². The van der Waals surface area contributed by atoms with Crippen LogP contribution in [0, 0.1) is 0 Å². The van der Waals surface area contributed by atoms with Crippen molar-refractivity contribution in [3.05, 3.63) is 95.6 Å². The zero-order valence-corrected chi connectivity index (χ0v) is 23.2. The third kappa shape index (κ3) is 7.10. The SMILES string of the molecule is CC(OC(=O)c1ccc(C(=O)Oc2ccc(OCc3ccccc3)cc2)cc1)C(F)(F)C(F)(F)C(F)(F)C(F)(F)C(F)(F)C(F)(F)F. The predicted molar refractivity (Wildman–Crippen MR) is 134 cm³/mol. The Labute approximate surface area is 255 Å². The molecule has 3 aromatic rings. The van der Waals surface area contributed by atoms with Gasteiger partial charge in [0.2, 0.25) is 0 Å². The minimum atomic E-state index is -8.09. The Kier molecular flexibility index (Phi) is 10.2. The smallest absolute Gasteiger partial charge is 0.460 e. The van der Waals surface area contributed by atoms with Gasteiger partial charge in [0.05, 0.1) is 11.1 Å². The summed E-state index contributed by atoms with van der Waals surface area (Å²) in [7, 11) is 0. The number of benzene rings is 3. The molecule has 256 valence electrons. The molecule has 3 aromatic carbocycles. The van der Waals surface area contributed by atoms with E-state index in [0.717, 1.165) is 17.7 Å². The van der Waals surface area contributed by atoms with Crippen LogP contribution in [0.5, 0.6) is 11.5 Å². The van der Waals surface area contributed by atoms with Crippen LogP contribution >= 0.6 is 0 Å². The molecule has 18 heteroatoms. The molecule has 3 rings (SSSR count). The molecule has 0 saturated heterocycles. The molecule has 0 amide bonds. The largest absolute Gasteiger partial charge is 0.489 e. The lowest BCUT2D eigenvalue weighted by Gasteiger charge is -2.40. The lowest BCUT2D eigenvalue weighted by atomic mass is 9.92. The Balaban J connectivity index is 1.66. The highest BCUT2D eigenvalue weighted by Gasteiger charge is 2.91. The first-order valence-corrected chi connectivity index (χ1v) is 12.7. The van der Waals surface area contributed by atoms with Crippen molar-refractivity contribution in [3.63, 3.8) is 0 Å². The highest BCUT2D eigenvalue weighted by molar-refractivity contribution is 5.94. The lowest BCUT2D eigenvalue weighted by Crippen LogP contribution is -2.71. The third-order valence-electron chi connectivity index (χ3n) is 6.39. The minimum Gasteiger partial charge on any atom is -0.489 e. The number of carbonyl (C=O) groups is 2. The van der Waals surface area contributed by atoms with E-state index >= 15 is 0 Å². The molecule has 0 radical (unpaired) electrons. The molecule has 0 fully saturated rings. The van der Waals surface area contributed by atoms with E-state index in [2.05, 4.69) is 4.74 Å². The molecule has 47 heavy (non-hydrogen) atoms. The van der Waals surface area contributed by atoms with Crippen molar-refractivity contribution in [3.8, 4) is 11.5 Å². The van der Waals surface area contributed by atoms with E-state index in [9.17, 15) is 66.7 Å². The quantitative estimate of drug-likeness (QED) is 0.108. The molecule has 0 N–H and O–H groups in total. The van der Waals surface area contributed by atoms with Crippen molar-refractivity contribution in [2.24, 2.45) is 0 Å². The predicted octanol–water partition coefficient (Wildman–Crippen LogP) is 8.77. The summed E-state index contributed by atoms with van der Waals surface area (Å²) in [6.07, 6.45) is -11.3. The maximum atomic E-state index is 14.3. The molecular formula is C29H19F13O5. The van der Waals surface area contributed by atoms with E-state index in [-0.39, 0.29) is 24.8 Å². The van der Waals surface area contributed by atoms with Crippen molar-refractivity contribution in [1.82, 2.24) is 0 Å². The van der Waals surface area contributed by atoms with E-state index in [0.29, 0.717) is 17.9 Å². The molecule has 0 bridgehead atoms. The fourth-order valence-electron chi connectivity index (χ4n) is 3.59. The lowest BCUT2D eigenvalue weighted by molar-refractivity contribution is -0.443. The summed E-state index contributed by atoms with van der Waals surface area (Å²) in [5, 5.41) is 0. The molecule has 0 aliphatic carbocycles. The van der Waals surface area contributed by atoms with Crippen LogP contribution in [0.3, 0.4) is 0 Å².